The molecule has 0 bridgehead atoms. The topological polar surface area (TPSA) is 123 Å². The second kappa shape index (κ2) is 15.0. The van der Waals surface area contributed by atoms with E-state index in [1.165, 1.54) is 0 Å². The molecule has 2 aromatic rings. The van der Waals surface area contributed by atoms with Gasteiger partial charge in [0.15, 0.2) is 0 Å². The van der Waals surface area contributed by atoms with Crippen molar-refractivity contribution < 1.29 is 20.0 Å². The quantitative estimate of drug-likeness (QED) is 0.109. The summed E-state index contributed by atoms with van der Waals surface area (Å²) in [5.74, 6) is 0.519. The average molecular weight is 503 g/mol. The zero-order chi connectivity index (χ0) is 24.8. The lowest BCUT2D eigenvalue weighted by Crippen LogP contribution is -2.34. The van der Waals surface area contributed by atoms with E-state index in [9.17, 15) is 9.59 Å². The van der Waals surface area contributed by atoms with Gasteiger partial charge in [0.1, 0.15) is 11.4 Å². The molecule has 0 aliphatic carbocycles. The molecule has 2 aromatic carbocycles. The summed E-state index contributed by atoms with van der Waals surface area (Å²) in [6.45, 7) is 4.81. The lowest BCUT2D eigenvalue weighted by atomic mass is 10.1. The zero-order valence-corrected chi connectivity index (χ0v) is 20.9. The van der Waals surface area contributed by atoms with E-state index >= 15 is 0 Å². The molecule has 0 heterocycles. The lowest BCUT2D eigenvalue weighted by Gasteiger charge is -2.08. The highest BCUT2D eigenvalue weighted by atomic mass is 33.1. The third kappa shape index (κ3) is 9.88. The number of hydrogen-bond donors (Lipinski definition) is 4. The Morgan fingerprint density at radius 1 is 0.706 bits per heavy atom. The van der Waals surface area contributed by atoms with E-state index in [0.29, 0.717) is 24.6 Å². The molecule has 2 rings (SSSR count). The molecule has 0 saturated carbocycles. The van der Waals surface area contributed by atoms with Crippen LogP contribution >= 0.6 is 21.6 Å². The minimum absolute atomic E-state index is 0.0659. The van der Waals surface area contributed by atoms with E-state index in [0.717, 1.165) is 22.3 Å². The Hall–Kier alpha value is -2.98. The van der Waals surface area contributed by atoms with E-state index in [1.807, 2.05) is 62.4 Å². The highest BCUT2D eigenvalue weighted by molar-refractivity contribution is 8.76. The lowest BCUT2D eigenvalue weighted by molar-refractivity contribution is -0.115. The molecule has 0 atom stereocenters. The van der Waals surface area contributed by atoms with Gasteiger partial charge in [-0.15, -0.1) is 0 Å². The van der Waals surface area contributed by atoms with E-state index in [1.54, 1.807) is 21.6 Å². The predicted molar refractivity (Wildman–Crippen MR) is 139 cm³/mol. The van der Waals surface area contributed by atoms with Gasteiger partial charge in [0.05, 0.1) is 0 Å². The van der Waals surface area contributed by atoms with Gasteiger partial charge in [0.25, 0.3) is 11.8 Å². The number of amides is 2. The summed E-state index contributed by atoms with van der Waals surface area (Å²) in [6, 6.07) is 15.4. The molecule has 0 aliphatic rings. The van der Waals surface area contributed by atoms with Crippen molar-refractivity contribution in [3.05, 3.63) is 70.8 Å². The van der Waals surface area contributed by atoms with Gasteiger partial charge in [-0.3, -0.25) is 9.59 Å². The Labute approximate surface area is 207 Å². The maximum absolute atomic E-state index is 12.2. The van der Waals surface area contributed by atoms with Crippen LogP contribution in [0, 0.1) is 13.8 Å². The van der Waals surface area contributed by atoms with Crippen LogP contribution < -0.4 is 10.6 Å². The standard InChI is InChI=1S/C24H30N4O4S2/c1-17-3-7-19(8-4-17)15-21(27-31)23(29)25-11-13-33-34-14-12-26-24(30)22(28-32)16-20-9-5-18(2)6-10-20/h3-10,31-32H,11-16H2,1-2H3,(H,25,29)(H,26,30). The van der Waals surface area contributed by atoms with Crippen molar-refractivity contribution >= 4 is 44.8 Å². The number of benzene rings is 2. The molecule has 0 fully saturated rings. The van der Waals surface area contributed by atoms with Crippen LogP contribution in [0.15, 0.2) is 58.8 Å². The fourth-order valence-corrected chi connectivity index (χ4v) is 4.67. The molecular formula is C24H30N4O4S2. The van der Waals surface area contributed by atoms with E-state index in [2.05, 4.69) is 20.9 Å². The Morgan fingerprint density at radius 2 is 1.06 bits per heavy atom. The van der Waals surface area contributed by atoms with Gasteiger partial charge in [0.2, 0.25) is 0 Å². The summed E-state index contributed by atoms with van der Waals surface area (Å²) in [4.78, 5) is 24.4. The van der Waals surface area contributed by atoms with Crippen molar-refractivity contribution in [1.29, 1.82) is 0 Å². The fraction of sp³-hybridized carbons (Fsp3) is 0.333. The fourth-order valence-electron chi connectivity index (χ4n) is 2.86. The monoisotopic (exact) mass is 502 g/mol. The second-order valence-corrected chi connectivity index (χ2v) is 10.3. The minimum atomic E-state index is -0.398. The number of nitrogens with one attached hydrogen (secondary N) is 2. The normalized spacial score (nSPS) is 11.8. The first-order valence-electron chi connectivity index (χ1n) is 10.8. The van der Waals surface area contributed by atoms with Gasteiger partial charge in [-0.2, -0.15) is 0 Å². The summed E-state index contributed by atoms with van der Waals surface area (Å²) in [5, 5.41) is 30.1. The van der Waals surface area contributed by atoms with Gasteiger partial charge in [0, 0.05) is 37.4 Å². The van der Waals surface area contributed by atoms with Crippen LogP contribution in [0.2, 0.25) is 0 Å². The third-order valence-electron chi connectivity index (χ3n) is 4.78. The molecule has 0 unspecified atom stereocenters. The van der Waals surface area contributed by atoms with Gasteiger partial charge >= 0.3 is 0 Å². The molecule has 0 spiro atoms. The molecule has 0 radical (unpaired) electrons. The summed E-state index contributed by atoms with van der Waals surface area (Å²) >= 11 is 0. The first-order valence-corrected chi connectivity index (χ1v) is 13.3. The molecule has 0 saturated heterocycles. The minimum Gasteiger partial charge on any atom is -0.410 e. The largest absolute Gasteiger partial charge is 0.410 e. The van der Waals surface area contributed by atoms with Crippen LogP contribution in [0.25, 0.3) is 0 Å². The Kier molecular flexibility index (Phi) is 12.0. The number of aryl methyl sites for hydroxylation is 2. The van der Waals surface area contributed by atoms with Gasteiger partial charge < -0.3 is 21.0 Å². The zero-order valence-electron chi connectivity index (χ0n) is 19.3. The Morgan fingerprint density at radius 3 is 1.38 bits per heavy atom. The number of oxime groups is 2. The van der Waals surface area contributed by atoms with Crippen LogP contribution in [0.4, 0.5) is 0 Å². The smallest absolute Gasteiger partial charge is 0.269 e. The van der Waals surface area contributed by atoms with Crippen LogP contribution in [0.3, 0.4) is 0 Å². The first-order chi connectivity index (χ1) is 16.4. The van der Waals surface area contributed by atoms with Crippen molar-refractivity contribution in [3.63, 3.8) is 0 Å². The summed E-state index contributed by atoms with van der Waals surface area (Å²) in [7, 11) is 3.12. The Balaban J connectivity index is 1.58. The predicted octanol–water partition coefficient (Wildman–Crippen LogP) is 3.36. The van der Waals surface area contributed by atoms with Crippen LogP contribution in [0.1, 0.15) is 22.3 Å². The van der Waals surface area contributed by atoms with E-state index in [-0.39, 0.29) is 24.3 Å². The van der Waals surface area contributed by atoms with Gasteiger partial charge in [-0.1, -0.05) is 91.6 Å². The van der Waals surface area contributed by atoms with Crippen molar-refractivity contribution in [3.8, 4) is 0 Å². The molecule has 0 aromatic heterocycles. The number of hydrogen-bond acceptors (Lipinski definition) is 8. The summed E-state index contributed by atoms with van der Waals surface area (Å²) in [6.07, 6.45) is 0.514. The number of carbonyl (C=O) groups is 2. The second-order valence-electron chi connectivity index (χ2n) is 7.57. The van der Waals surface area contributed by atoms with Crippen molar-refractivity contribution in [2.24, 2.45) is 10.3 Å². The highest BCUT2D eigenvalue weighted by Crippen LogP contribution is 2.19. The van der Waals surface area contributed by atoms with E-state index < -0.39 is 11.8 Å². The number of rotatable bonds is 13. The maximum Gasteiger partial charge on any atom is 0.269 e. The highest BCUT2D eigenvalue weighted by Gasteiger charge is 2.14. The Bertz CT molecular complexity index is 912. The van der Waals surface area contributed by atoms with Crippen LogP contribution in [0.5, 0.6) is 0 Å². The van der Waals surface area contributed by atoms with Crippen LogP contribution in [-0.2, 0) is 22.4 Å². The molecule has 0 aliphatic heterocycles. The summed E-state index contributed by atoms with van der Waals surface area (Å²) < 4.78 is 0. The molecule has 2 amide bonds. The van der Waals surface area contributed by atoms with Crippen molar-refractivity contribution in [1.82, 2.24) is 10.6 Å². The first kappa shape index (κ1) is 27.3. The van der Waals surface area contributed by atoms with Gasteiger partial charge in [-0.05, 0) is 25.0 Å². The van der Waals surface area contributed by atoms with Gasteiger partial charge in [-0.25, -0.2) is 0 Å². The molecule has 8 nitrogen and oxygen atoms in total. The van der Waals surface area contributed by atoms with Crippen molar-refractivity contribution in [2.45, 2.75) is 26.7 Å². The van der Waals surface area contributed by atoms with Crippen molar-refractivity contribution in [2.75, 3.05) is 24.6 Å². The molecule has 10 heteroatoms. The van der Waals surface area contributed by atoms with Crippen LogP contribution in [-0.4, -0.2) is 58.2 Å². The SMILES string of the molecule is Cc1ccc(CC(=NO)C(=O)NCCSSCCNC(=O)C(Cc2ccc(C)cc2)=NO)cc1. The molecule has 34 heavy (non-hydrogen) atoms. The molecular weight excluding hydrogens is 472 g/mol. The molecule has 182 valence electrons. The number of carbonyl (C=O) groups excluding carboxylic acids is 2. The maximum atomic E-state index is 12.2. The molecule has 4 N–H and O–H groups in total. The van der Waals surface area contributed by atoms with E-state index in [4.69, 9.17) is 10.4 Å². The number of nitrogens with zero attached hydrogens (tertiary/aromatic N) is 2. The third-order valence-corrected chi connectivity index (χ3v) is 7.18. The summed E-state index contributed by atoms with van der Waals surface area (Å²) in [5.41, 5.74) is 4.16. The average Bonchev–Trinajstić information content (AvgIpc) is 2.84.